The Morgan fingerprint density at radius 1 is 1.25 bits per heavy atom. The molecule has 0 aliphatic carbocycles. The molecule has 16 heavy (non-hydrogen) atoms. The molecule has 0 bridgehead atoms. The zero-order valence-corrected chi connectivity index (χ0v) is 10.9. The number of hydrogen-bond donors (Lipinski definition) is 0. The Morgan fingerprint density at radius 2 is 2.00 bits per heavy atom. The van der Waals surface area contributed by atoms with Crippen LogP contribution in [0.4, 0.5) is 0 Å². The minimum absolute atomic E-state index is 0.212. The first-order valence-electron chi connectivity index (χ1n) is 4.32. The third kappa shape index (κ3) is 2.17. The molecule has 0 fully saturated rings. The van der Waals surface area contributed by atoms with Gasteiger partial charge in [0.05, 0.1) is 15.8 Å². The van der Waals surface area contributed by atoms with E-state index in [0.717, 1.165) is 0 Å². The van der Waals surface area contributed by atoms with Crippen molar-refractivity contribution in [1.82, 2.24) is 0 Å². The topological polar surface area (TPSA) is 30.2 Å². The predicted molar refractivity (Wildman–Crippen MR) is 66.3 cm³/mol. The summed E-state index contributed by atoms with van der Waals surface area (Å²) in [4.78, 5) is 12.0. The number of ketones is 1. The fourth-order valence-corrected chi connectivity index (χ4v) is 2.01. The van der Waals surface area contributed by atoms with Crippen LogP contribution in [0.15, 0.2) is 39.4 Å². The Morgan fingerprint density at radius 3 is 2.62 bits per heavy atom. The lowest BCUT2D eigenvalue weighted by atomic mass is 10.1. The quantitative estimate of drug-likeness (QED) is 0.758. The van der Waals surface area contributed by atoms with Gasteiger partial charge in [0.1, 0.15) is 0 Å². The van der Waals surface area contributed by atoms with E-state index in [-0.39, 0.29) is 11.5 Å². The molecule has 0 aliphatic heterocycles. The van der Waals surface area contributed by atoms with E-state index in [0.29, 0.717) is 20.1 Å². The summed E-state index contributed by atoms with van der Waals surface area (Å²) in [5.41, 5.74) is 0.324. The normalized spacial score (nSPS) is 10.4. The maximum atomic E-state index is 12.0. The second-order valence-corrected chi connectivity index (χ2v) is 4.75. The number of carbonyl (C=O) groups is 1. The summed E-state index contributed by atoms with van der Waals surface area (Å²) >= 11 is 14.9. The maximum absolute atomic E-state index is 12.0. The average Bonchev–Trinajstić information content (AvgIpc) is 2.67. The standard InChI is InChI=1S/C11H5BrCl2O2/c12-8-3-4-16-11(8)10(15)7-5-6(13)1-2-9(7)14/h1-5H. The van der Waals surface area contributed by atoms with Crippen LogP contribution >= 0.6 is 39.1 Å². The van der Waals surface area contributed by atoms with Gasteiger partial charge in [-0.1, -0.05) is 23.2 Å². The minimum atomic E-state index is -0.302. The highest BCUT2D eigenvalue weighted by molar-refractivity contribution is 9.10. The Bertz CT molecular complexity index is 549. The molecule has 0 spiro atoms. The van der Waals surface area contributed by atoms with Crippen LogP contribution in [-0.2, 0) is 0 Å². The summed E-state index contributed by atoms with van der Waals surface area (Å²) in [5, 5.41) is 0.799. The minimum Gasteiger partial charge on any atom is -0.460 e. The lowest BCUT2D eigenvalue weighted by Crippen LogP contribution is -2.01. The molecule has 0 radical (unpaired) electrons. The van der Waals surface area contributed by atoms with Gasteiger partial charge < -0.3 is 4.42 Å². The van der Waals surface area contributed by atoms with Crippen LogP contribution < -0.4 is 0 Å². The highest BCUT2D eigenvalue weighted by Gasteiger charge is 2.18. The van der Waals surface area contributed by atoms with Crippen LogP contribution in [0, 0.1) is 0 Å². The van der Waals surface area contributed by atoms with Crippen molar-refractivity contribution in [2.45, 2.75) is 0 Å². The molecule has 2 aromatic rings. The van der Waals surface area contributed by atoms with E-state index in [1.165, 1.54) is 12.3 Å². The summed E-state index contributed by atoms with van der Waals surface area (Å²) < 4.78 is 5.67. The van der Waals surface area contributed by atoms with E-state index in [9.17, 15) is 4.79 Å². The largest absolute Gasteiger partial charge is 0.460 e. The van der Waals surface area contributed by atoms with Gasteiger partial charge in [-0.2, -0.15) is 0 Å². The Labute approximate surface area is 110 Å². The van der Waals surface area contributed by atoms with Gasteiger partial charge in [0.15, 0.2) is 5.76 Å². The predicted octanol–water partition coefficient (Wildman–Crippen LogP) is 4.58. The highest BCUT2D eigenvalue weighted by atomic mass is 79.9. The van der Waals surface area contributed by atoms with E-state index in [4.69, 9.17) is 27.6 Å². The Hall–Kier alpha value is -0.770. The maximum Gasteiger partial charge on any atom is 0.230 e. The van der Waals surface area contributed by atoms with Gasteiger partial charge in [-0.3, -0.25) is 4.79 Å². The number of rotatable bonds is 2. The second-order valence-electron chi connectivity index (χ2n) is 3.05. The van der Waals surface area contributed by atoms with Crippen LogP contribution in [0.2, 0.25) is 10.0 Å². The van der Waals surface area contributed by atoms with E-state index < -0.39 is 0 Å². The summed E-state index contributed by atoms with van der Waals surface area (Å²) in [6.07, 6.45) is 1.43. The summed E-state index contributed by atoms with van der Waals surface area (Å²) in [7, 11) is 0. The average molecular weight is 320 g/mol. The van der Waals surface area contributed by atoms with Crippen molar-refractivity contribution in [2.24, 2.45) is 0 Å². The molecular weight excluding hydrogens is 315 g/mol. The summed E-state index contributed by atoms with van der Waals surface area (Å²) in [6.45, 7) is 0. The van der Waals surface area contributed by atoms with E-state index in [1.807, 2.05) is 0 Å². The molecule has 1 heterocycles. The van der Waals surface area contributed by atoms with Gasteiger partial charge in [-0.05, 0) is 40.2 Å². The highest BCUT2D eigenvalue weighted by Crippen LogP contribution is 2.26. The van der Waals surface area contributed by atoms with Crippen LogP contribution in [0.25, 0.3) is 0 Å². The van der Waals surface area contributed by atoms with Crippen molar-refractivity contribution in [3.05, 3.63) is 56.4 Å². The van der Waals surface area contributed by atoms with Gasteiger partial charge in [0.25, 0.3) is 0 Å². The molecule has 0 aliphatic rings. The van der Waals surface area contributed by atoms with Gasteiger partial charge in [0, 0.05) is 10.6 Å². The van der Waals surface area contributed by atoms with Crippen molar-refractivity contribution in [1.29, 1.82) is 0 Å². The molecule has 0 atom stereocenters. The lowest BCUT2D eigenvalue weighted by Gasteiger charge is -2.02. The molecule has 2 rings (SSSR count). The smallest absolute Gasteiger partial charge is 0.230 e. The van der Waals surface area contributed by atoms with Crippen molar-refractivity contribution in [2.75, 3.05) is 0 Å². The molecule has 0 N–H and O–H groups in total. The van der Waals surface area contributed by atoms with E-state index >= 15 is 0 Å². The first-order valence-corrected chi connectivity index (χ1v) is 5.87. The monoisotopic (exact) mass is 318 g/mol. The number of furan rings is 1. The Balaban J connectivity index is 2.49. The van der Waals surface area contributed by atoms with Crippen LogP contribution in [0.1, 0.15) is 16.1 Å². The van der Waals surface area contributed by atoms with Gasteiger partial charge in [-0.25, -0.2) is 0 Å². The zero-order valence-electron chi connectivity index (χ0n) is 7.84. The van der Waals surface area contributed by atoms with Crippen LogP contribution in [0.5, 0.6) is 0 Å². The number of hydrogen-bond acceptors (Lipinski definition) is 2. The first-order chi connectivity index (χ1) is 7.59. The molecular formula is C11H5BrCl2O2. The third-order valence-corrected chi connectivity index (χ3v) is 3.19. The number of benzene rings is 1. The van der Waals surface area contributed by atoms with Gasteiger partial charge in [-0.15, -0.1) is 0 Å². The fraction of sp³-hybridized carbons (Fsp3) is 0. The zero-order chi connectivity index (χ0) is 11.7. The number of carbonyl (C=O) groups excluding carboxylic acids is 1. The molecule has 0 saturated carbocycles. The van der Waals surface area contributed by atoms with E-state index in [2.05, 4.69) is 15.9 Å². The van der Waals surface area contributed by atoms with E-state index in [1.54, 1.807) is 18.2 Å². The van der Waals surface area contributed by atoms with Crippen LogP contribution in [-0.4, -0.2) is 5.78 Å². The van der Waals surface area contributed by atoms with Crippen molar-refractivity contribution >= 4 is 44.9 Å². The lowest BCUT2D eigenvalue weighted by molar-refractivity contribution is 0.101. The van der Waals surface area contributed by atoms with Gasteiger partial charge in [0.2, 0.25) is 5.78 Å². The molecule has 0 amide bonds. The molecule has 1 aromatic carbocycles. The second kappa shape index (κ2) is 4.62. The van der Waals surface area contributed by atoms with Crippen molar-refractivity contribution < 1.29 is 9.21 Å². The summed E-state index contributed by atoms with van der Waals surface area (Å²) in [5.74, 6) is -0.0893. The Kier molecular flexibility index (Phi) is 3.38. The fourth-order valence-electron chi connectivity index (χ4n) is 1.25. The van der Waals surface area contributed by atoms with Crippen molar-refractivity contribution in [3.8, 4) is 0 Å². The molecule has 1 aromatic heterocycles. The summed E-state index contributed by atoms with van der Waals surface area (Å²) in [6, 6.07) is 6.36. The molecule has 0 unspecified atom stereocenters. The van der Waals surface area contributed by atoms with Crippen molar-refractivity contribution in [3.63, 3.8) is 0 Å². The SMILES string of the molecule is O=C(c1cc(Cl)ccc1Cl)c1occc1Br. The molecule has 0 saturated heterocycles. The third-order valence-electron chi connectivity index (χ3n) is 2.00. The van der Waals surface area contributed by atoms with Crippen LogP contribution in [0.3, 0.4) is 0 Å². The molecule has 5 heteroatoms. The first kappa shape index (κ1) is 11.7. The number of halogens is 3. The van der Waals surface area contributed by atoms with Gasteiger partial charge >= 0.3 is 0 Å². The molecule has 2 nitrogen and oxygen atoms in total. The molecule has 82 valence electrons.